The molecule has 17 heavy (non-hydrogen) atoms. The van der Waals surface area contributed by atoms with E-state index in [1.807, 2.05) is 32.0 Å². The van der Waals surface area contributed by atoms with Crippen LogP contribution < -0.4 is 5.32 Å². The van der Waals surface area contributed by atoms with Gasteiger partial charge in [0.05, 0.1) is 10.7 Å². The van der Waals surface area contributed by atoms with Gasteiger partial charge in [0.2, 0.25) is 5.28 Å². The molecule has 0 radical (unpaired) electrons. The van der Waals surface area contributed by atoms with E-state index in [4.69, 9.17) is 23.2 Å². The van der Waals surface area contributed by atoms with Crippen LogP contribution in [0.3, 0.4) is 0 Å². The van der Waals surface area contributed by atoms with E-state index in [-0.39, 0.29) is 5.28 Å². The highest BCUT2D eigenvalue weighted by molar-refractivity contribution is 6.33. The molecule has 2 rings (SSSR count). The number of aromatic nitrogens is 2. The van der Waals surface area contributed by atoms with Gasteiger partial charge in [-0.15, -0.1) is 0 Å². The lowest BCUT2D eigenvalue weighted by Crippen LogP contribution is -2.00. The van der Waals surface area contributed by atoms with Crippen molar-refractivity contribution in [2.24, 2.45) is 0 Å². The minimum Gasteiger partial charge on any atom is -0.338 e. The number of nitrogens with zero attached hydrogens (tertiary/aromatic N) is 2. The van der Waals surface area contributed by atoms with Crippen molar-refractivity contribution < 1.29 is 0 Å². The van der Waals surface area contributed by atoms with Crippen molar-refractivity contribution in [3.05, 3.63) is 45.8 Å². The molecule has 0 amide bonds. The molecule has 0 spiro atoms. The monoisotopic (exact) mass is 267 g/mol. The van der Waals surface area contributed by atoms with Gasteiger partial charge in [-0.1, -0.05) is 23.7 Å². The molecule has 0 aliphatic rings. The lowest BCUT2D eigenvalue weighted by Gasteiger charge is -2.12. The molecule has 0 atom stereocenters. The van der Waals surface area contributed by atoms with Crippen LogP contribution in [0, 0.1) is 13.8 Å². The summed E-state index contributed by atoms with van der Waals surface area (Å²) >= 11 is 11.9. The molecule has 0 fully saturated rings. The molecule has 1 aromatic heterocycles. The Morgan fingerprint density at radius 1 is 1.12 bits per heavy atom. The fraction of sp³-hybridized carbons (Fsp3) is 0.167. The van der Waals surface area contributed by atoms with Gasteiger partial charge in [0.1, 0.15) is 5.82 Å². The highest BCUT2D eigenvalue weighted by atomic mass is 35.5. The van der Waals surface area contributed by atoms with Gasteiger partial charge in [-0.25, -0.2) is 9.97 Å². The number of halogens is 2. The maximum atomic E-state index is 6.13. The van der Waals surface area contributed by atoms with E-state index in [0.717, 1.165) is 16.8 Å². The molecule has 1 heterocycles. The Kier molecular flexibility index (Phi) is 3.50. The number of anilines is 2. The summed E-state index contributed by atoms with van der Waals surface area (Å²) in [6, 6.07) is 5.71. The van der Waals surface area contributed by atoms with Crippen molar-refractivity contribution in [3.8, 4) is 0 Å². The van der Waals surface area contributed by atoms with Crippen LogP contribution in [0.15, 0.2) is 24.4 Å². The summed E-state index contributed by atoms with van der Waals surface area (Å²) < 4.78 is 0. The molecular formula is C12H11Cl2N3. The van der Waals surface area contributed by atoms with E-state index in [2.05, 4.69) is 15.3 Å². The first-order valence-corrected chi connectivity index (χ1v) is 5.85. The largest absolute Gasteiger partial charge is 0.338 e. The summed E-state index contributed by atoms with van der Waals surface area (Å²) in [5.74, 6) is 0.668. The fourth-order valence-electron chi connectivity index (χ4n) is 1.46. The summed E-state index contributed by atoms with van der Waals surface area (Å²) in [5, 5.41) is 4.04. The van der Waals surface area contributed by atoms with Crippen LogP contribution in [0.25, 0.3) is 0 Å². The molecule has 0 saturated heterocycles. The first-order chi connectivity index (χ1) is 8.08. The maximum absolute atomic E-state index is 6.13. The van der Waals surface area contributed by atoms with Crippen LogP contribution in [0.2, 0.25) is 10.3 Å². The van der Waals surface area contributed by atoms with Gasteiger partial charge in [0.15, 0.2) is 0 Å². The standard InChI is InChI=1S/C12H11Cl2N3/c1-7-4-3-5-9(13)10(7)16-11-8(2)6-15-12(14)17-11/h3-6H,1-2H3,(H,15,16,17). The van der Waals surface area contributed by atoms with Crippen LogP contribution in [-0.4, -0.2) is 9.97 Å². The second kappa shape index (κ2) is 4.90. The molecule has 0 aliphatic carbocycles. The number of benzene rings is 1. The molecule has 0 unspecified atom stereocenters. The van der Waals surface area contributed by atoms with Crippen LogP contribution in [0.1, 0.15) is 11.1 Å². The highest BCUT2D eigenvalue weighted by Gasteiger charge is 2.07. The van der Waals surface area contributed by atoms with E-state index in [1.54, 1.807) is 6.20 Å². The van der Waals surface area contributed by atoms with E-state index < -0.39 is 0 Å². The molecule has 0 bridgehead atoms. The van der Waals surface area contributed by atoms with Crippen molar-refractivity contribution in [2.75, 3.05) is 5.32 Å². The van der Waals surface area contributed by atoms with E-state index in [9.17, 15) is 0 Å². The SMILES string of the molecule is Cc1cnc(Cl)nc1Nc1c(C)cccc1Cl. The van der Waals surface area contributed by atoms with Crippen molar-refractivity contribution in [1.82, 2.24) is 9.97 Å². The van der Waals surface area contributed by atoms with Crippen LogP contribution in [0.4, 0.5) is 11.5 Å². The molecular weight excluding hydrogens is 257 g/mol. The Morgan fingerprint density at radius 2 is 1.88 bits per heavy atom. The summed E-state index contributed by atoms with van der Waals surface area (Å²) in [6.07, 6.45) is 1.67. The van der Waals surface area contributed by atoms with E-state index >= 15 is 0 Å². The van der Waals surface area contributed by atoms with Crippen LogP contribution in [-0.2, 0) is 0 Å². The van der Waals surface area contributed by atoms with Crippen LogP contribution in [0.5, 0.6) is 0 Å². The summed E-state index contributed by atoms with van der Waals surface area (Å²) in [6.45, 7) is 3.89. The third-order valence-electron chi connectivity index (χ3n) is 2.41. The molecule has 5 heteroatoms. The zero-order valence-electron chi connectivity index (χ0n) is 9.46. The first-order valence-electron chi connectivity index (χ1n) is 5.09. The van der Waals surface area contributed by atoms with E-state index in [0.29, 0.717) is 10.8 Å². The molecule has 88 valence electrons. The van der Waals surface area contributed by atoms with Crippen LogP contribution >= 0.6 is 23.2 Å². The average molecular weight is 268 g/mol. The molecule has 3 nitrogen and oxygen atoms in total. The molecule has 0 aliphatic heterocycles. The second-order valence-electron chi connectivity index (χ2n) is 3.73. The molecule has 1 aromatic carbocycles. The Hall–Kier alpha value is -1.32. The predicted molar refractivity (Wildman–Crippen MR) is 71.3 cm³/mol. The summed E-state index contributed by atoms with van der Waals surface area (Å²) in [5.41, 5.74) is 2.80. The van der Waals surface area contributed by atoms with Gasteiger partial charge in [0.25, 0.3) is 0 Å². The maximum Gasteiger partial charge on any atom is 0.224 e. The third kappa shape index (κ3) is 2.68. The zero-order chi connectivity index (χ0) is 12.4. The number of hydrogen-bond donors (Lipinski definition) is 1. The number of nitrogens with one attached hydrogen (secondary N) is 1. The lowest BCUT2D eigenvalue weighted by molar-refractivity contribution is 1.13. The van der Waals surface area contributed by atoms with Crippen molar-refractivity contribution in [2.45, 2.75) is 13.8 Å². The summed E-state index contributed by atoms with van der Waals surface area (Å²) in [4.78, 5) is 8.04. The lowest BCUT2D eigenvalue weighted by atomic mass is 10.2. The number of hydrogen-bond acceptors (Lipinski definition) is 3. The van der Waals surface area contributed by atoms with Crippen molar-refractivity contribution in [1.29, 1.82) is 0 Å². The van der Waals surface area contributed by atoms with Gasteiger partial charge in [-0.3, -0.25) is 0 Å². The quantitative estimate of drug-likeness (QED) is 0.831. The third-order valence-corrected chi connectivity index (χ3v) is 2.90. The molecule has 2 aromatic rings. The Labute approximate surface area is 110 Å². The van der Waals surface area contributed by atoms with E-state index in [1.165, 1.54) is 0 Å². The first kappa shape index (κ1) is 12.1. The highest BCUT2D eigenvalue weighted by Crippen LogP contribution is 2.29. The second-order valence-corrected chi connectivity index (χ2v) is 4.47. The normalized spacial score (nSPS) is 10.4. The number of aryl methyl sites for hydroxylation is 2. The van der Waals surface area contributed by atoms with Gasteiger partial charge >= 0.3 is 0 Å². The summed E-state index contributed by atoms with van der Waals surface area (Å²) in [7, 11) is 0. The van der Waals surface area contributed by atoms with Crippen molar-refractivity contribution in [3.63, 3.8) is 0 Å². The minimum atomic E-state index is 0.211. The van der Waals surface area contributed by atoms with Gasteiger partial charge in [0, 0.05) is 11.8 Å². The molecule has 0 saturated carbocycles. The predicted octanol–water partition coefficient (Wildman–Crippen LogP) is 4.14. The minimum absolute atomic E-state index is 0.211. The number of para-hydroxylation sites is 1. The molecule has 1 N–H and O–H groups in total. The smallest absolute Gasteiger partial charge is 0.224 e. The van der Waals surface area contributed by atoms with Gasteiger partial charge in [-0.05, 0) is 37.1 Å². The topological polar surface area (TPSA) is 37.8 Å². The van der Waals surface area contributed by atoms with Crippen molar-refractivity contribution >= 4 is 34.7 Å². The fourth-order valence-corrected chi connectivity index (χ4v) is 1.86. The Bertz CT molecular complexity index is 535. The van der Waals surface area contributed by atoms with Gasteiger partial charge in [-0.2, -0.15) is 0 Å². The van der Waals surface area contributed by atoms with Gasteiger partial charge < -0.3 is 5.32 Å². The average Bonchev–Trinajstić information content (AvgIpc) is 2.28. The zero-order valence-corrected chi connectivity index (χ0v) is 11.0. The Morgan fingerprint density at radius 3 is 2.59 bits per heavy atom. The Balaban J connectivity index is 2.41. The number of rotatable bonds is 2.